The molecule has 0 aliphatic carbocycles. The molecule has 1 aromatic carbocycles. The lowest BCUT2D eigenvalue weighted by Gasteiger charge is -2.24. The Labute approximate surface area is 164 Å². The van der Waals surface area contributed by atoms with Crippen molar-refractivity contribution in [1.82, 2.24) is 4.90 Å². The van der Waals surface area contributed by atoms with Crippen LogP contribution in [-0.2, 0) is 9.59 Å². The van der Waals surface area contributed by atoms with Gasteiger partial charge in [0.05, 0.1) is 30.9 Å². The number of rotatable bonds is 5. The van der Waals surface area contributed by atoms with E-state index in [0.29, 0.717) is 30.2 Å². The van der Waals surface area contributed by atoms with Gasteiger partial charge in [-0.2, -0.15) is 0 Å². The van der Waals surface area contributed by atoms with Crippen LogP contribution in [0.2, 0.25) is 0 Å². The van der Waals surface area contributed by atoms with Gasteiger partial charge in [-0.15, -0.1) is 0 Å². The van der Waals surface area contributed by atoms with E-state index in [4.69, 9.17) is 9.47 Å². The van der Waals surface area contributed by atoms with Crippen LogP contribution in [-0.4, -0.2) is 55.1 Å². The SMILES string of the molecule is COc1cc(NC(=O)C(C)(C)C)c(C(=O)N2CCC(C)(C(=O)O)C2)cc1OC. The number of carbonyl (C=O) groups excluding carboxylic acids is 2. The van der Waals surface area contributed by atoms with Crippen molar-refractivity contribution in [2.75, 3.05) is 32.6 Å². The first kappa shape index (κ1) is 21.5. The zero-order valence-corrected chi connectivity index (χ0v) is 17.2. The summed E-state index contributed by atoms with van der Waals surface area (Å²) in [6.45, 7) is 7.35. The average molecular weight is 392 g/mol. The maximum Gasteiger partial charge on any atom is 0.311 e. The Morgan fingerprint density at radius 3 is 2.18 bits per heavy atom. The van der Waals surface area contributed by atoms with Gasteiger partial charge >= 0.3 is 5.97 Å². The highest BCUT2D eigenvalue weighted by molar-refractivity contribution is 6.05. The topological polar surface area (TPSA) is 105 Å². The molecule has 0 spiro atoms. The van der Waals surface area contributed by atoms with Crippen LogP contribution in [0.3, 0.4) is 0 Å². The van der Waals surface area contributed by atoms with Crippen molar-refractivity contribution in [3.8, 4) is 11.5 Å². The average Bonchev–Trinajstić information content (AvgIpc) is 3.03. The summed E-state index contributed by atoms with van der Waals surface area (Å²) in [4.78, 5) is 38.6. The Morgan fingerprint density at radius 1 is 1.14 bits per heavy atom. The lowest BCUT2D eigenvalue weighted by molar-refractivity contribution is -0.147. The highest BCUT2D eigenvalue weighted by atomic mass is 16.5. The molecule has 154 valence electrons. The molecule has 0 saturated carbocycles. The number of aliphatic carboxylic acids is 1. The molecule has 8 heteroatoms. The van der Waals surface area contributed by atoms with Crippen molar-refractivity contribution in [1.29, 1.82) is 0 Å². The summed E-state index contributed by atoms with van der Waals surface area (Å²) in [6.07, 6.45) is 0.366. The Bertz CT molecular complexity index is 799. The largest absolute Gasteiger partial charge is 0.493 e. The molecule has 1 heterocycles. The standard InChI is InChI=1S/C20H28N2O6/c1-19(2,3)17(24)21-13-10-15(28-6)14(27-5)9-12(13)16(23)22-8-7-20(4,11-22)18(25)26/h9-10H,7-8,11H2,1-6H3,(H,21,24)(H,25,26). The lowest BCUT2D eigenvalue weighted by atomic mass is 9.90. The van der Waals surface area contributed by atoms with Gasteiger partial charge < -0.3 is 24.8 Å². The van der Waals surface area contributed by atoms with Gasteiger partial charge in [0, 0.05) is 24.6 Å². The summed E-state index contributed by atoms with van der Waals surface area (Å²) in [7, 11) is 2.92. The number of nitrogens with zero attached hydrogens (tertiary/aromatic N) is 1. The summed E-state index contributed by atoms with van der Waals surface area (Å²) in [5, 5.41) is 12.2. The molecular formula is C20H28N2O6. The van der Waals surface area contributed by atoms with Crippen molar-refractivity contribution >= 4 is 23.5 Å². The van der Waals surface area contributed by atoms with Crippen LogP contribution < -0.4 is 14.8 Å². The molecule has 8 nitrogen and oxygen atoms in total. The Morgan fingerprint density at radius 2 is 1.71 bits per heavy atom. The predicted octanol–water partition coefficient (Wildman–Crippen LogP) is 2.63. The monoisotopic (exact) mass is 392 g/mol. The molecule has 1 aliphatic heterocycles. The van der Waals surface area contributed by atoms with Gasteiger partial charge in [0.15, 0.2) is 11.5 Å². The van der Waals surface area contributed by atoms with Gasteiger partial charge in [0.2, 0.25) is 5.91 Å². The minimum Gasteiger partial charge on any atom is -0.493 e. The van der Waals surface area contributed by atoms with Crippen molar-refractivity contribution < 1.29 is 29.0 Å². The van der Waals surface area contributed by atoms with Crippen LogP contribution in [0.25, 0.3) is 0 Å². The zero-order chi connectivity index (χ0) is 21.3. The maximum absolute atomic E-state index is 13.2. The smallest absolute Gasteiger partial charge is 0.311 e. The number of anilines is 1. The first-order valence-corrected chi connectivity index (χ1v) is 9.03. The molecule has 2 rings (SSSR count). The molecule has 0 radical (unpaired) electrons. The lowest BCUT2D eigenvalue weighted by Crippen LogP contribution is -2.35. The molecule has 28 heavy (non-hydrogen) atoms. The summed E-state index contributed by atoms with van der Waals surface area (Å²) < 4.78 is 10.6. The van der Waals surface area contributed by atoms with Crippen LogP contribution in [0, 0.1) is 10.8 Å². The molecule has 1 atom stereocenters. The highest BCUT2D eigenvalue weighted by Crippen LogP contribution is 2.37. The number of benzene rings is 1. The van der Waals surface area contributed by atoms with E-state index in [1.807, 2.05) is 0 Å². The van der Waals surface area contributed by atoms with Crippen molar-refractivity contribution in [2.24, 2.45) is 10.8 Å². The van der Waals surface area contributed by atoms with E-state index in [9.17, 15) is 19.5 Å². The number of methoxy groups -OCH3 is 2. The van der Waals surface area contributed by atoms with E-state index in [-0.39, 0.29) is 23.9 Å². The van der Waals surface area contributed by atoms with Crippen molar-refractivity contribution in [3.63, 3.8) is 0 Å². The van der Waals surface area contributed by atoms with Crippen LogP contribution in [0.1, 0.15) is 44.5 Å². The number of ether oxygens (including phenoxy) is 2. The fourth-order valence-electron chi connectivity index (χ4n) is 2.95. The van der Waals surface area contributed by atoms with Gasteiger partial charge in [-0.05, 0) is 19.4 Å². The molecule has 0 bridgehead atoms. The van der Waals surface area contributed by atoms with Crippen molar-refractivity contribution in [2.45, 2.75) is 34.1 Å². The number of hydrogen-bond acceptors (Lipinski definition) is 5. The second-order valence-electron chi connectivity index (χ2n) is 8.30. The molecule has 2 N–H and O–H groups in total. The second kappa shape index (κ2) is 7.69. The van der Waals surface area contributed by atoms with E-state index < -0.39 is 16.8 Å². The molecule has 1 aromatic rings. The van der Waals surface area contributed by atoms with E-state index in [2.05, 4.69) is 5.32 Å². The predicted molar refractivity (Wildman–Crippen MR) is 104 cm³/mol. The molecule has 2 amide bonds. The zero-order valence-electron chi connectivity index (χ0n) is 17.2. The Balaban J connectivity index is 2.45. The van der Waals surface area contributed by atoms with E-state index in [0.717, 1.165) is 0 Å². The molecule has 1 aliphatic rings. The van der Waals surface area contributed by atoms with Crippen molar-refractivity contribution in [3.05, 3.63) is 17.7 Å². The molecular weight excluding hydrogens is 364 g/mol. The van der Waals surface area contributed by atoms with Gasteiger partial charge in [-0.3, -0.25) is 14.4 Å². The fraction of sp³-hybridized carbons (Fsp3) is 0.550. The van der Waals surface area contributed by atoms with Crippen LogP contribution >= 0.6 is 0 Å². The number of amides is 2. The summed E-state index contributed by atoms with van der Waals surface area (Å²) >= 11 is 0. The maximum atomic E-state index is 13.2. The molecule has 1 unspecified atom stereocenters. The second-order valence-corrected chi connectivity index (χ2v) is 8.30. The quantitative estimate of drug-likeness (QED) is 0.798. The number of carboxylic acids is 1. The normalized spacial score (nSPS) is 19.3. The van der Waals surface area contributed by atoms with Gasteiger partial charge in [-0.25, -0.2) is 0 Å². The minimum atomic E-state index is -0.985. The van der Waals surface area contributed by atoms with Crippen LogP contribution in [0.15, 0.2) is 12.1 Å². The van der Waals surface area contributed by atoms with Gasteiger partial charge in [0.25, 0.3) is 5.91 Å². The van der Waals surface area contributed by atoms with E-state index in [1.165, 1.54) is 25.2 Å². The molecule has 1 saturated heterocycles. The third kappa shape index (κ3) is 4.21. The molecule has 0 aromatic heterocycles. The fourth-order valence-corrected chi connectivity index (χ4v) is 2.95. The van der Waals surface area contributed by atoms with E-state index >= 15 is 0 Å². The minimum absolute atomic E-state index is 0.0994. The van der Waals surface area contributed by atoms with Gasteiger partial charge in [-0.1, -0.05) is 20.8 Å². The summed E-state index contributed by atoms with van der Waals surface area (Å²) in [6, 6.07) is 3.05. The summed E-state index contributed by atoms with van der Waals surface area (Å²) in [5.74, 6) is -0.836. The number of nitrogens with one attached hydrogen (secondary N) is 1. The summed E-state index contributed by atoms with van der Waals surface area (Å²) in [5.41, 5.74) is -1.12. The number of carbonyl (C=O) groups is 3. The van der Waals surface area contributed by atoms with Crippen LogP contribution in [0.4, 0.5) is 5.69 Å². The van der Waals surface area contributed by atoms with Crippen LogP contribution in [0.5, 0.6) is 11.5 Å². The Kier molecular flexibility index (Phi) is 5.91. The first-order valence-electron chi connectivity index (χ1n) is 9.03. The van der Waals surface area contributed by atoms with Gasteiger partial charge in [0.1, 0.15) is 0 Å². The number of carboxylic acid groups (broad SMARTS) is 1. The third-order valence-electron chi connectivity index (χ3n) is 4.96. The first-order chi connectivity index (χ1) is 12.9. The van der Waals surface area contributed by atoms with E-state index in [1.54, 1.807) is 33.8 Å². The Hall–Kier alpha value is -2.77. The third-order valence-corrected chi connectivity index (χ3v) is 4.96. The highest BCUT2D eigenvalue weighted by Gasteiger charge is 2.42. The molecule has 1 fully saturated rings. The number of hydrogen-bond donors (Lipinski definition) is 2. The number of likely N-dealkylation sites (tertiary alicyclic amines) is 1.